The zero-order chi connectivity index (χ0) is 15.1. The first-order valence-electron chi connectivity index (χ1n) is 5.59. The van der Waals surface area contributed by atoms with E-state index in [1.807, 2.05) is 0 Å². The third-order valence-electron chi connectivity index (χ3n) is 1.57. The molecule has 0 rings (SSSR count). The number of rotatable bonds is 8. The maximum Gasteiger partial charge on any atom is 0.333 e. The van der Waals surface area contributed by atoms with Crippen LogP contribution in [0.5, 0.6) is 0 Å². The van der Waals surface area contributed by atoms with E-state index >= 15 is 0 Å². The van der Waals surface area contributed by atoms with Crippen LogP contribution in [0.25, 0.3) is 0 Å². The van der Waals surface area contributed by atoms with Crippen molar-refractivity contribution in [2.75, 3.05) is 40.6 Å². The van der Waals surface area contributed by atoms with E-state index in [-0.39, 0.29) is 5.97 Å². The van der Waals surface area contributed by atoms with Gasteiger partial charge < -0.3 is 18.9 Å². The lowest BCUT2D eigenvalue weighted by Crippen LogP contribution is -2.09. The minimum absolute atomic E-state index is 0.293. The highest BCUT2D eigenvalue weighted by Gasteiger charge is 2.00. The molecule has 0 saturated heterocycles. The van der Waals surface area contributed by atoms with Crippen LogP contribution in [0.4, 0.5) is 0 Å². The number of ether oxygens (including phenoxy) is 4. The van der Waals surface area contributed by atoms with Crippen LogP contribution in [0.15, 0.2) is 24.8 Å². The molecule has 0 aromatic carbocycles. The average Bonchev–Trinajstić information content (AvgIpc) is 2.39. The van der Waals surface area contributed by atoms with Crippen LogP contribution in [0, 0.1) is 0 Å². The van der Waals surface area contributed by atoms with Crippen molar-refractivity contribution < 1.29 is 28.5 Å². The van der Waals surface area contributed by atoms with E-state index in [2.05, 4.69) is 32.1 Å². The number of esters is 2. The molecule has 0 N–H and O–H groups in total. The third kappa shape index (κ3) is 16.3. The number of carbonyl (C=O) groups is 2. The fourth-order valence-corrected chi connectivity index (χ4v) is 0.625. The van der Waals surface area contributed by atoms with Crippen molar-refractivity contribution in [1.82, 2.24) is 0 Å². The minimum Gasteiger partial charge on any atom is -0.460 e. The predicted octanol–water partition coefficient (Wildman–Crippen LogP) is 1.11. The van der Waals surface area contributed by atoms with E-state index in [9.17, 15) is 9.59 Å². The Hall–Kier alpha value is -1.66. The molecule has 0 aliphatic carbocycles. The Kier molecular flexibility index (Phi) is 14.9. The highest BCUT2D eigenvalue weighted by molar-refractivity contribution is 5.86. The van der Waals surface area contributed by atoms with Gasteiger partial charge in [-0.25, -0.2) is 9.59 Å². The second-order valence-corrected chi connectivity index (χ2v) is 3.27. The van der Waals surface area contributed by atoms with Crippen LogP contribution in [0.2, 0.25) is 0 Å². The first-order valence-corrected chi connectivity index (χ1v) is 5.59. The Bertz CT molecular complexity index is 285. The summed E-state index contributed by atoms with van der Waals surface area (Å²) in [6.45, 7) is 9.70. The summed E-state index contributed by atoms with van der Waals surface area (Å²) in [5.74, 6) is -0.774. The molecule has 110 valence electrons. The van der Waals surface area contributed by atoms with Crippen LogP contribution < -0.4 is 0 Å². The molecule has 0 aromatic heterocycles. The van der Waals surface area contributed by atoms with Gasteiger partial charge >= 0.3 is 11.9 Å². The van der Waals surface area contributed by atoms with E-state index in [0.29, 0.717) is 32.0 Å². The van der Waals surface area contributed by atoms with Crippen molar-refractivity contribution in [1.29, 1.82) is 0 Å². The lowest BCUT2D eigenvalue weighted by atomic mass is 10.4. The van der Waals surface area contributed by atoms with Gasteiger partial charge in [0.05, 0.1) is 13.2 Å². The van der Waals surface area contributed by atoms with Gasteiger partial charge in [-0.2, -0.15) is 0 Å². The Balaban J connectivity index is 0. The zero-order valence-electron chi connectivity index (χ0n) is 11.8. The second-order valence-electron chi connectivity index (χ2n) is 3.27. The monoisotopic (exact) mass is 274 g/mol. The second kappa shape index (κ2) is 14.4. The van der Waals surface area contributed by atoms with E-state index in [4.69, 9.17) is 0 Å². The van der Waals surface area contributed by atoms with Gasteiger partial charge in [0.15, 0.2) is 0 Å². The molecule has 0 aliphatic heterocycles. The summed E-state index contributed by atoms with van der Waals surface area (Å²) < 4.78 is 18.5. The summed E-state index contributed by atoms with van der Waals surface area (Å²) in [5, 5.41) is 0. The summed E-state index contributed by atoms with van der Waals surface area (Å²) in [6, 6.07) is 0. The number of hydrogen-bond acceptors (Lipinski definition) is 6. The van der Waals surface area contributed by atoms with Crippen molar-refractivity contribution in [2.45, 2.75) is 6.92 Å². The molecule has 6 heteroatoms. The molecular formula is C13H22O6. The van der Waals surface area contributed by atoms with Crippen LogP contribution in [-0.2, 0) is 28.5 Å². The largest absolute Gasteiger partial charge is 0.460 e. The Labute approximate surface area is 114 Å². The maximum atomic E-state index is 10.6. The van der Waals surface area contributed by atoms with Crippen molar-refractivity contribution in [3.05, 3.63) is 24.8 Å². The van der Waals surface area contributed by atoms with Crippen molar-refractivity contribution in [3.8, 4) is 0 Å². The number of methoxy groups -OCH3 is 2. The van der Waals surface area contributed by atoms with Gasteiger partial charge in [0.25, 0.3) is 0 Å². The van der Waals surface area contributed by atoms with Crippen molar-refractivity contribution >= 4 is 11.9 Å². The topological polar surface area (TPSA) is 71.1 Å². The van der Waals surface area contributed by atoms with E-state index in [1.165, 1.54) is 0 Å². The van der Waals surface area contributed by atoms with Gasteiger partial charge in [-0.1, -0.05) is 13.2 Å². The zero-order valence-corrected chi connectivity index (χ0v) is 11.8. The van der Waals surface area contributed by atoms with Crippen LogP contribution in [0.3, 0.4) is 0 Å². The van der Waals surface area contributed by atoms with Gasteiger partial charge in [0.1, 0.15) is 13.2 Å². The molecule has 0 aliphatic rings. The molecule has 19 heavy (non-hydrogen) atoms. The molecule has 0 amide bonds. The van der Waals surface area contributed by atoms with Gasteiger partial charge in [-0.3, -0.25) is 0 Å². The standard InChI is InChI=1S/C7H12O3.C6H10O3/c1-6(2)7(8)10-5-4-9-3;1-3-6(7)9-5-4-8-2/h1,4-5H2,2-3H3;3H,1,4-5H2,2H3. The molecule has 0 aromatic rings. The van der Waals surface area contributed by atoms with Crippen molar-refractivity contribution in [2.24, 2.45) is 0 Å². The normalized spacial score (nSPS) is 8.79. The van der Waals surface area contributed by atoms with Gasteiger partial charge in [-0.15, -0.1) is 0 Å². The average molecular weight is 274 g/mol. The van der Waals surface area contributed by atoms with E-state index in [1.54, 1.807) is 21.1 Å². The molecule has 0 unspecified atom stereocenters. The van der Waals surface area contributed by atoms with Crippen LogP contribution >= 0.6 is 0 Å². The highest BCUT2D eigenvalue weighted by Crippen LogP contribution is 1.90. The molecule has 0 atom stereocenters. The molecule has 0 radical (unpaired) electrons. The minimum atomic E-state index is -0.410. The Morgan fingerprint density at radius 3 is 1.84 bits per heavy atom. The van der Waals surface area contributed by atoms with E-state index < -0.39 is 5.97 Å². The molecule has 0 fully saturated rings. The molecule has 0 spiro atoms. The molecule has 0 heterocycles. The Morgan fingerprint density at radius 2 is 1.47 bits per heavy atom. The number of hydrogen-bond donors (Lipinski definition) is 0. The van der Waals surface area contributed by atoms with Gasteiger partial charge in [0, 0.05) is 25.9 Å². The first-order chi connectivity index (χ1) is 8.99. The smallest absolute Gasteiger partial charge is 0.333 e. The Morgan fingerprint density at radius 1 is 1.00 bits per heavy atom. The lowest BCUT2D eigenvalue weighted by molar-refractivity contribution is -0.140. The summed E-state index contributed by atoms with van der Waals surface area (Å²) in [5.41, 5.74) is 0.413. The molecule has 6 nitrogen and oxygen atoms in total. The first kappa shape index (κ1) is 19.7. The third-order valence-corrected chi connectivity index (χ3v) is 1.57. The summed E-state index contributed by atoms with van der Waals surface area (Å²) in [4.78, 5) is 20.9. The highest BCUT2D eigenvalue weighted by atomic mass is 16.6. The van der Waals surface area contributed by atoms with Gasteiger partial charge in [-0.05, 0) is 6.92 Å². The fourth-order valence-electron chi connectivity index (χ4n) is 0.625. The van der Waals surface area contributed by atoms with Crippen LogP contribution in [0.1, 0.15) is 6.92 Å². The molecular weight excluding hydrogens is 252 g/mol. The number of carbonyl (C=O) groups excluding carboxylic acids is 2. The quantitative estimate of drug-likeness (QED) is 0.375. The predicted molar refractivity (Wildman–Crippen MR) is 70.7 cm³/mol. The fraction of sp³-hybridized carbons (Fsp3) is 0.538. The lowest BCUT2D eigenvalue weighted by Gasteiger charge is -2.01. The van der Waals surface area contributed by atoms with Crippen LogP contribution in [-0.4, -0.2) is 52.6 Å². The molecule has 0 saturated carbocycles. The maximum absolute atomic E-state index is 10.6. The SMILES string of the molecule is C=C(C)C(=O)OCCOC.C=CC(=O)OCCOC. The summed E-state index contributed by atoms with van der Waals surface area (Å²) in [6.07, 6.45) is 1.12. The molecule has 0 bridgehead atoms. The summed E-state index contributed by atoms with van der Waals surface area (Å²) >= 11 is 0. The summed E-state index contributed by atoms with van der Waals surface area (Å²) in [7, 11) is 3.09. The van der Waals surface area contributed by atoms with Crippen molar-refractivity contribution in [3.63, 3.8) is 0 Å². The van der Waals surface area contributed by atoms with E-state index in [0.717, 1.165) is 6.08 Å². The van der Waals surface area contributed by atoms with Gasteiger partial charge in [0.2, 0.25) is 0 Å².